The monoisotopic (exact) mass is 311 g/mol. The fraction of sp³-hybridized carbons (Fsp3) is 0.143. The SMILES string of the molecule is O=C(Cc1ccc(F)c(F)c1)NC(C(=O)O)c1cccs1. The van der Waals surface area contributed by atoms with Crippen molar-refractivity contribution < 1.29 is 23.5 Å². The van der Waals surface area contributed by atoms with Gasteiger partial charge in [0.15, 0.2) is 17.7 Å². The van der Waals surface area contributed by atoms with Crippen LogP contribution in [0.2, 0.25) is 0 Å². The number of carboxylic acids is 1. The van der Waals surface area contributed by atoms with Crippen LogP contribution in [0.1, 0.15) is 16.5 Å². The van der Waals surface area contributed by atoms with Gasteiger partial charge in [-0.15, -0.1) is 11.3 Å². The number of benzene rings is 1. The molecular weight excluding hydrogens is 300 g/mol. The normalized spacial score (nSPS) is 11.9. The third-order valence-corrected chi connectivity index (χ3v) is 3.67. The van der Waals surface area contributed by atoms with E-state index in [4.69, 9.17) is 5.11 Å². The van der Waals surface area contributed by atoms with E-state index in [0.717, 1.165) is 12.1 Å². The number of hydrogen-bond donors (Lipinski definition) is 2. The molecule has 0 fully saturated rings. The third kappa shape index (κ3) is 3.85. The molecule has 1 atom stereocenters. The molecule has 1 unspecified atom stereocenters. The highest BCUT2D eigenvalue weighted by atomic mass is 32.1. The standard InChI is InChI=1S/C14H11F2NO3S/c15-9-4-3-8(6-10(9)16)7-12(18)17-13(14(19)20)11-2-1-5-21-11/h1-6,13H,7H2,(H,17,18)(H,19,20). The lowest BCUT2D eigenvalue weighted by Crippen LogP contribution is -2.34. The second kappa shape index (κ2) is 6.45. The van der Waals surface area contributed by atoms with Gasteiger partial charge in [0.2, 0.25) is 5.91 Å². The summed E-state index contributed by atoms with van der Waals surface area (Å²) in [6.45, 7) is 0. The molecule has 1 aromatic carbocycles. The van der Waals surface area contributed by atoms with E-state index in [9.17, 15) is 18.4 Å². The van der Waals surface area contributed by atoms with Gasteiger partial charge in [-0.2, -0.15) is 0 Å². The van der Waals surface area contributed by atoms with Gasteiger partial charge in [-0.3, -0.25) is 4.79 Å². The second-order valence-electron chi connectivity index (χ2n) is 4.28. The second-order valence-corrected chi connectivity index (χ2v) is 5.26. The Hall–Kier alpha value is -2.28. The Morgan fingerprint density at radius 2 is 2.00 bits per heavy atom. The summed E-state index contributed by atoms with van der Waals surface area (Å²) in [6.07, 6.45) is -0.230. The molecule has 7 heteroatoms. The molecule has 0 aliphatic carbocycles. The number of rotatable bonds is 5. The summed E-state index contributed by atoms with van der Waals surface area (Å²) in [4.78, 5) is 23.5. The van der Waals surface area contributed by atoms with Gasteiger partial charge in [0, 0.05) is 4.88 Å². The molecule has 0 bridgehead atoms. The van der Waals surface area contributed by atoms with Crippen molar-refractivity contribution >= 4 is 23.2 Å². The van der Waals surface area contributed by atoms with Crippen LogP contribution in [0.4, 0.5) is 8.78 Å². The van der Waals surface area contributed by atoms with Crippen molar-refractivity contribution in [2.45, 2.75) is 12.5 Å². The molecule has 2 N–H and O–H groups in total. The van der Waals surface area contributed by atoms with Gasteiger partial charge >= 0.3 is 5.97 Å². The lowest BCUT2D eigenvalue weighted by molar-refractivity contribution is -0.141. The minimum absolute atomic E-state index is 0.230. The number of carbonyl (C=O) groups excluding carboxylic acids is 1. The molecule has 0 aliphatic heterocycles. The maximum absolute atomic E-state index is 13.0. The predicted molar refractivity (Wildman–Crippen MR) is 72.9 cm³/mol. The van der Waals surface area contributed by atoms with Gasteiger partial charge in [0.25, 0.3) is 0 Å². The van der Waals surface area contributed by atoms with Crippen LogP contribution in [0, 0.1) is 11.6 Å². The molecule has 2 aromatic rings. The summed E-state index contributed by atoms with van der Waals surface area (Å²) in [6, 6.07) is 5.24. The fourth-order valence-electron chi connectivity index (χ4n) is 1.76. The van der Waals surface area contributed by atoms with E-state index < -0.39 is 29.6 Å². The molecule has 0 aliphatic rings. The van der Waals surface area contributed by atoms with Crippen molar-refractivity contribution in [3.63, 3.8) is 0 Å². The number of carbonyl (C=O) groups is 2. The average molecular weight is 311 g/mol. The van der Waals surface area contributed by atoms with Crippen molar-refractivity contribution in [2.24, 2.45) is 0 Å². The molecule has 21 heavy (non-hydrogen) atoms. The summed E-state index contributed by atoms with van der Waals surface area (Å²) in [5.41, 5.74) is 0.265. The van der Waals surface area contributed by atoms with Crippen molar-refractivity contribution in [3.05, 3.63) is 57.8 Å². The quantitative estimate of drug-likeness (QED) is 0.891. The first-order valence-corrected chi connectivity index (χ1v) is 6.85. The fourth-order valence-corrected chi connectivity index (χ4v) is 2.52. The maximum Gasteiger partial charge on any atom is 0.331 e. The predicted octanol–water partition coefficient (Wildman–Crippen LogP) is 2.51. The van der Waals surface area contributed by atoms with Gasteiger partial charge in [-0.1, -0.05) is 12.1 Å². The topological polar surface area (TPSA) is 66.4 Å². The first kappa shape index (κ1) is 15.1. The Kier molecular flexibility index (Phi) is 4.64. The van der Waals surface area contributed by atoms with Crippen LogP contribution >= 0.6 is 11.3 Å². The first-order valence-electron chi connectivity index (χ1n) is 5.97. The number of amides is 1. The third-order valence-electron chi connectivity index (χ3n) is 2.73. The molecule has 0 saturated heterocycles. The van der Waals surface area contributed by atoms with Crippen molar-refractivity contribution in [3.8, 4) is 0 Å². The van der Waals surface area contributed by atoms with E-state index in [-0.39, 0.29) is 12.0 Å². The zero-order valence-corrected chi connectivity index (χ0v) is 11.5. The van der Waals surface area contributed by atoms with Gasteiger partial charge < -0.3 is 10.4 Å². The van der Waals surface area contributed by atoms with E-state index in [0.29, 0.717) is 4.88 Å². The van der Waals surface area contributed by atoms with Crippen LogP contribution in [0.5, 0.6) is 0 Å². The van der Waals surface area contributed by atoms with E-state index in [2.05, 4.69) is 5.32 Å². The summed E-state index contributed by atoms with van der Waals surface area (Å²) in [5, 5.41) is 13.2. The molecule has 110 valence electrons. The van der Waals surface area contributed by atoms with Crippen molar-refractivity contribution in [2.75, 3.05) is 0 Å². The number of aliphatic carboxylic acids is 1. The Labute approximate surface area is 123 Å². The van der Waals surface area contributed by atoms with E-state index in [1.807, 2.05) is 0 Å². The molecular formula is C14H11F2NO3S. The smallest absolute Gasteiger partial charge is 0.331 e. The summed E-state index contributed by atoms with van der Waals surface area (Å²) in [7, 11) is 0. The van der Waals surface area contributed by atoms with Crippen LogP contribution in [0.3, 0.4) is 0 Å². The zero-order chi connectivity index (χ0) is 15.4. The minimum atomic E-state index is -1.18. The van der Waals surface area contributed by atoms with Crippen LogP contribution < -0.4 is 5.32 Å². The Bertz CT molecular complexity index is 658. The highest BCUT2D eigenvalue weighted by Crippen LogP contribution is 2.19. The average Bonchev–Trinajstić information content (AvgIpc) is 2.93. The van der Waals surface area contributed by atoms with Crippen LogP contribution in [-0.2, 0) is 16.0 Å². The molecule has 2 rings (SSSR count). The molecule has 1 aromatic heterocycles. The number of carboxylic acid groups (broad SMARTS) is 1. The Balaban J connectivity index is 2.06. The minimum Gasteiger partial charge on any atom is -0.479 e. The summed E-state index contributed by atoms with van der Waals surface area (Å²) < 4.78 is 25.8. The highest BCUT2D eigenvalue weighted by Gasteiger charge is 2.23. The number of halogens is 2. The van der Waals surface area contributed by atoms with Crippen molar-refractivity contribution in [1.82, 2.24) is 5.32 Å². The number of hydrogen-bond acceptors (Lipinski definition) is 3. The Morgan fingerprint density at radius 3 is 2.57 bits per heavy atom. The summed E-state index contributed by atoms with van der Waals surface area (Å²) in [5.74, 6) is -3.81. The molecule has 0 radical (unpaired) electrons. The molecule has 1 amide bonds. The van der Waals surface area contributed by atoms with Crippen LogP contribution in [0.15, 0.2) is 35.7 Å². The van der Waals surface area contributed by atoms with Gasteiger partial charge in [0.1, 0.15) is 0 Å². The first-order chi connectivity index (χ1) is 9.97. The van der Waals surface area contributed by atoms with Crippen molar-refractivity contribution in [1.29, 1.82) is 0 Å². The number of thiophene rings is 1. The van der Waals surface area contributed by atoms with Gasteiger partial charge in [-0.05, 0) is 29.1 Å². The number of nitrogens with one attached hydrogen (secondary N) is 1. The molecule has 0 spiro atoms. The van der Waals surface area contributed by atoms with E-state index in [1.54, 1.807) is 17.5 Å². The molecule has 1 heterocycles. The summed E-state index contributed by atoms with van der Waals surface area (Å²) >= 11 is 1.21. The molecule has 0 saturated carbocycles. The lowest BCUT2D eigenvalue weighted by Gasteiger charge is -2.13. The Morgan fingerprint density at radius 1 is 1.24 bits per heavy atom. The van der Waals surface area contributed by atoms with Gasteiger partial charge in [0.05, 0.1) is 6.42 Å². The van der Waals surface area contributed by atoms with Crippen LogP contribution in [-0.4, -0.2) is 17.0 Å². The van der Waals surface area contributed by atoms with E-state index >= 15 is 0 Å². The van der Waals surface area contributed by atoms with E-state index in [1.165, 1.54) is 17.4 Å². The molecule has 4 nitrogen and oxygen atoms in total. The highest BCUT2D eigenvalue weighted by molar-refractivity contribution is 7.10. The largest absolute Gasteiger partial charge is 0.479 e. The van der Waals surface area contributed by atoms with Gasteiger partial charge in [-0.25, -0.2) is 13.6 Å². The maximum atomic E-state index is 13.0. The zero-order valence-electron chi connectivity index (χ0n) is 10.7. The van der Waals surface area contributed by atoms with Crippen LogP contribution in [0.25, 0.3) is 0 Å². The lowest BCUT2D eigenvalue weighted by atomic mass is 10.1.